The molecule has 84 valence electrons. The van der Waals surface area contributed by atoms with Gasteiger partial charge in [0.05, 0.1) is 0 Å². The Hall–Kier alpha value is -0.570. The normalized spacial score (nSPS) is 24.9. The van der Waals surface area contributed by atoms with E-state index in [4.69, 9.17) is 5.84 Å². The van der Waals surface area contributed by atoms with Crippen LogP contribution < -0.4 is 11.3 Å². The van der Waals surface area contributed by atoms with Crippen molar-refractivity contribution in [2.45, 2.75) is 31.7 Å². The van der Waals surface area contributed by atoms with E-state index in [1.807, 2.05) is 0 Å². The number of hydrogen-bond donors (Lipinski definition) is 2. The second-order valence-electron chi connectivity index (χ2n) is 4.15. The average Bonchev–Trinajstić information content (AvgIpc) is 2.67. The third-order valence-electron chi connectivity index (χ3n) is 3.21. The summed E-state index contributed by atoms with van der Waals surface area (Å²) in [4.78, 5) is 0. The molecule has 1 aromatic rings. The Morgan fingerprint density at radius 3 is 2.60 bits per heavy atom. The molecule has 2 atom stereocenters. The zero-order valence-electron chi connectivity index (χ0n) is 8.86. The van der Waals surface area contributed by atoms with E-state index in [1.54, 1.807) is 0 Å². The molecule has 3 heteroatoms. The molecular weight excluding hydrogens is 208 g/mol. The van der Waals surface area contributed by atoms with Gasteiger partial charge < -0.3 is 0 Å². The lowest BCUT2D eigenvalue weighted by Gasteiger charge is -2.18. The number of halogens is 1. The van der Waals surface area contributed by atoms with Crippen LogP contribution in [0.15, 0.2) is 30.3 Å². The minimum absolute atomic E-state index is 0. The van der Waals surface area contributed by atoms with Gasteiger partial charge in [0.2, 0.25) is 0 Å². The molecule has 1 aliphatic carbocycles. The van der Waals surface area contributed by atoms with Crippen LogP contribution in [0, 0.1) is 5.92 Å². The molecule has 0 spiro atoms. The number of hydrazine groups is 1. The standard InChI is InChI=1S/C12H18N2.ClH/c13-14-12-8-4-7-11(12)9-10-5-2-1-3-6-10;/h1-3,5-6,11-12,14H,4,7-9,13H2;1H. The number of rotatable bonds is 3. The lowest BCUT2D eigenvalue weighted by molar-refractivity contribution is 0.405. The molecule has 1 aliphatic rings. The van der Waals surface area contributed by atoms with Gasteiger partial charge in [0.1, 0.15) is 0 Å². The highest BCUT2D eigenvalue weighted by Crippen LogP contribution is 2.28. The fourth-order valence-corrected chi connectivity index (χ4v) is 2.42. The number of benzene rings is 1. The van der Waals surface area contributed by atoms with Crippen molar-refractivity contribution < 1.29 is 0 Å². The lowest BCUT2D eigenvalue weighted by atomic mass is 9.95. The molecule has 1 saturated carbocycles. The van der Waals surface area contributed by atoms with Gasteiger partial charge in [-0.2, -0.15) is 0 Å². The molecule has 1 aromatic carbocycles. The van der Waals surface area contributed by atoms with Crippen LogP contribution in [0.1, 0.15) is 24.8 Å². The van der Waals surface area contributed by atoms with Crippen LogP contribution in [0.2, 0.25) is 0 Å². The summed E-state index contributed by atoms with van der Waals surface area (Å²) in [6.07, 6.45) is 5.01. The first kappa shape index (κ1) is 12.5. The van der Waals surface area contributed by atoms with Crippen molar-refractivity contribution in [1.29, 1.82) is 0 Å². The molecule has 0 aliphatic heterocycles. The van der Waals surface area contributed by atoms with Crippen molar-refractivity contribution in [3.8, 4) is 0 Å². The molecule has 0 saturated heterocycles. The molecule has 2 rings (SSSR count). The summed E-state index contributed by atoms with van der Waals surface area (Å²) in [7, 11) is 0. The van der Waals surface area contributed by atoms with Gasteiger partial charge in [-0.3, -0.25) is 11.3 Å². The first-order chi connectivity index (χ1) is 6.90. The molecule has 2 nitrogen and oxygen atoms in total. The number of nitrogens with one attached hydrogen (secondary N) is 1. The summed E-state index contributed by atoms with van der Waals surface area (Å²) in [5.41, 5.74) is 4.36. The van der Waals surface area contributed by atoms with E-state index in [-0.39, 0.29) is 12.4 Å². The third kappa shape index (κ3) is 3.20. The van der Waals surface area contributed by atoms with Gasteiger partial charge in [-0.05, 0) is 30.7 Å². The Bertz CT molecular complexity index is 276. The van der Waals surface area contributed by atoms with Crippen molar-refractivity contribution in [2.24, 2.45) is 11.8 Å². The van der Waals surface area contributed by atoms with E-state index in [1.165, 1.54) is 24.8 Å². The Labute approximate surface area is 97.6 Å². The van der Waals surface area contributed by atoms with Crippen molar-refractivity contribution in [3.05, 3.63) is 35.9 Å². The Morgan fingerprint density at radius 1 is 1.20 bits per heavy atom. The number of hydrogen-bond acceptors (Lipinski definition) is 2. The Kier molecular flexibility index (Phi) is 5.09. The largest absolute Gasteiger partial charge is 0.271 e. The van der Waals surface area contributed by atoms with E-state index in [2.05, 4.69) is 35.8 Å². The lowest BCUT2D eigenvalue weighted by Crippen LogP contribution is -2.38. The molecule has 0 radical (unpaired) electrons. The van der Waals surface area contributed by atoms with Crippen LogP contribution in [0.5, 0.6) is 0 Å². The minimum atomic E-state index is 0. The summed E-state index contributed by atoms with van der Waals surface area (Å²) in [6.45, 7) is 0. The van der Waals surface area contributed by atoms with E-state index in [0.717, 1.165) is 12.3 Å². The molecule has 0 aromatic heterocycles. The van der Waals surface area contributed by atoms with E-state index in [9.17, 15) is 0 Å². The van der Waals surface area contributed by atoms with Crippen molar-refractivity contribution in [2.75, 3.05) is 0 Å². The second-order valence-corrected chi connectivity index (χ2v) is 4.15. The summed E-state index contributed by atoms with van der Waals surface area (Å²) in [5.74, 6) is 6.25. The van der Waals surface area contributed by atoms with Gasteiger partial charge in [0.25, 0.3) is 0 Å². The maximum Gasteiger partial charge on any atom is 0.0241 e. The van der Waals surface area contributed by atoms with Gasteiger partial charge in [-0.15, -0.1) is 12.4 Å². The average molecular weight is 227 g/mol. The highest BCUT2D eigenvalue weighted by Gasteiger charge is 2.25. The fraction of sp³-hybridized carbons (Fsp3) is 0.500. The van der Waals surface area contributed by atoms with Gasteiger partial charge in [-0.1, -0.05) is 36.8 Å². The first-order valence-corrected chi connectivity index (χ1v) is 5.40. The second kappa shape index (κ2) is 6.11. The molecular formula is C12H19ClN2. The smallest absolute Gasteiger partial charge is 0.0241 e. The summed E-state index contributed by atoms with van der Waals surface area (Å²) < 4.78 is 0. The predicted octanol–water partition coefficient (Wildman–Crippen LogP) is 2.28. The van der Waals surface area contributed by atoms with Crippen LogP contribution in [-0.2, 0) is 6.42 Å². The van der Waals surface area contributed by atoms with Crippen molar-refractivity contribution in [3.63, 3.8) is 0 Å². The van der Waals surface area contributed by atoms with Gasteiger partial charge in [0.15, 0.2) is 0 Å². The highest BCUT2D eigenvalue weighted by atomic mass is 35.5. The summed E-state index contributed by atoms with van der Waals surface area (Å²) in [5, 5.41) is 0. The monoisotopic (exact) mass is 226 g/mol. The Balaban J connectivity index is 0.00000112. The van der Waals surface area contributed by atoms with Crippen molar-refractivity contribution in [1.82, 2.24) is 5.43 Å². The summed E-state index contributed by atoms with van der Waals surface area (Å²) >= 11 is 0. The molecule has 0 amide bonds. The van der Waals surface area contributed by atoms with Gasteiger partial charge in [-0.25, -0.2) is 0 Å². The van der Waals surface area contributed by atoms with Gasteiger partial charge >= 0.3 is 0 Å². The first-order valence-electron chi connectivity index (χ1n) is 5.40. The van der Waals surface area contributed by atoms with Gasteiger partial charge in [0, 0.05) is 6.04 Å². The van der Waals surface area contributed by atoms with Crippen LogP contribution in [-0.4, -0.2) is 6.04 Å². The summed E-state index contributed by atoms with van der Waals surface area (Å²) in [6, 6.07) is 11.2. The minimum Gasteiger partial charge on any atom is -0.271 e. The zero-order chi connectivity index (χ0) is 9.80. The predicted molar refractivity (Wildman–Crippen MR) is 65.8 cm³/mol. The van der Waals surface area contributed by atoms with Crippen LogP contribution in [0.3, 0.4) is 0 Å². The molecule has 15 heavy (non-hydrogen) atoms. The van der Waals surface area contributed by atoms with E-state index < -0.39 is 0 Å². The third-order valence-corrected chi connectivity index (χ3v) is 3.21. The molecule has 1 fully saturated rings. The molecule has 0 heterocycles. The molecule has 0 bridgehead atoms. The quantitative estimate of drug-likeness (QED) is 0.613. The SMILES string of the molecule is Cl.NNC1CCCC1Cc1ccccc1. The topological polar surface area (TPSA) is 38.0 Å². The van der Waals surface area contributed by atoms with Crippen LogP contribution in [0.4, 0.5) is 0 Å². The number of nitrogens with two attached hydrogens (primary N) is 1. The molecule has 2 unspecified atom stereocenters. The zero-order valence-corrected chi connectivity index (χ0v) is 9.67. The van der Waals surface area contributed by atoms with Crippen molar-refractivity contribution >= 4 is 12.4 Å². The Morgan fingerprint density at radius 2 is 1.93 bits per heavy atom. The van der Waals surface area contributed by atoms with Crippen LogP contribution in [0.25, 0.3) is 0 Å². The maximum atomic E-state index is 5.53. The molecule has 3 N–H and O–H groups in total. The highest BCUT2D eigenvalue weighted by molar-refractivity contribution is 5.85. The fourth-order valence-electron chi connectivity index (χ4n) is 2.42. The maximum absolute atomic E-state index is 5.53. The van der Waals surface area contributed by atoms with E-state index in [0.29, 0.717) is 6.04 Å². The van der Waals surface area contributed by atoms with E-state index >= 15 is 0 Å². The van der Waals surface area contributed by atoms with Crippen LogP contribution >= 0.6 is 12.4 Å².